The van der Waals surface area contributed by atoms with Crippen molar-refractivity contribution in [2.45, 2.75) is 0 Å². The van der Waals surface area contributed by atoms with Crippen molar-refractivity contribution in [3.63, 3.8) is 0 Å². The van der Waals surface area contributed by atoms with Gasteiger partial charge in [-0.1, -0.05) is 23.7 Å². The van der Waals surface area contributed by atoms with Crippen LogP contribution in [-0.2, 0) is 0 Å². The second-order valence-electron chi connectivity index (χ2n) is 4.57. The summed E-state index contributed by atoms with van der Waals surface area (Å²) in [5.74, 6) is 0. The minimum absolute atomic E-state index is 0.235. The second-order valence-corrected chi connectivity index (χ2v) is 6.60. The molecule has 0 aliphatic rings. The van der Waals surface area contributed by atoms with Gasteiger partial charge in [-0.2, -0.15) is 0 Å². The molecule has 0 aliphatic carbocycles. The molecule has 0 atom stereocenters. The number of rotatable bonds is 3. The standard InChI is InChI=1S/C16H9Cl2IN2O/c17-11-4-6-13(7-5-11)21-9-20-14(16(18)22)15(21)10-2-1-3-12(19)8-10/h1-9H. The first-order valence-corrected chi connectivity index (χ1v) is 8.19. The molecule has 1 aromatic heterocycles. The van der Waals surface area contributed by atoms with Crippen molar-refractivity contribution in [2.24, 2.45) is 0 Å². The number of hydrogen-bond acceptors (Lipinski definition) is 2. The summed E-state index contributed by atoms with van der Waals surface area (Å²) in [5.41, 5.74) is 2.64. The Morgan fingerprint density at radius 3 is 2.50 bits per heavy atom. The van der Waals surface area contributed by atoms with E-state index in [4.69, 9.17) is 23.2 Å². The minimum Gasteiger partial charge on any atom is -0.298 e. The van der Waals surface area contributed by atoms with Crippen LogP contribution in [0.3, 0.4) is 0 Å². The van der Waals surface area contributed by atoms with Crippen molar-refractivity contribution < 1.29 is 4.79 Å². The maximum absolute atomic E-state index is 11.7. The van der Waals surface area contributed by atoms with Crippen LogP contribution in [0.5, 0.6) is 0 Å². The first-order valence-electron chi connectivity index (χ1n) is 6.35. The molecule has 6 heteroatoms. The first kappa shape index (κ1) is 15.5. The first-order chi connectivity index (χ1) is 10.6. The maximum atomic E-state index is 11.7. The van der Waals surface area contributed by atoms with E-state index in [9.17, 15) is 4.79 Å². The summed E-state index contributed by atoms with van der Waals surface area (Å²) in [6.45, 7) is 0. The quantitative estimate of drug-likeness (QED) is 0.414. The molecule has 0 saturated carbocycles. The van der Waals surface area contributed by atoms with E-state index in [1.807, 2.05) is 41.0 Å². The monoisotopic (exact) mass is 442 g/mol. The molecule has 0 bridgehead atoms. The molecule has 0 fully saturated rings. The molecule has 3 aromatic rings. The number of hydrogen-bond donors (Lipinski definition) is 0. The van der Waals surface area contributed by atoms with Gasteiger partial charge in [0.15, 0.2) is 0 Å². The molecular formula is C16H9Cl2IN2O. The maximum Gasteiger partial charge on any atom is 0.273 e. The molecule has 0 N–H and O–H groups in total. The van der Waals surface area contributed by atoms with Crippen LogP contribution in [0.15, 0.2) is 54.9 Å². The second kappa shape index (κ2) is 6.40. The van der Waals surface area contributed by atoms with Crippen LogP contribution in [0, 0.1) is 3.57 Å². The van der Waals surface area contributed by atoms with Crippen molar-refractivity contribution in [3.8, 4) is 16.9 Å². The van der Waals surface area contributed by atoms with Gasteiger partial charge in [-0.25, -0.2) is 4.98 Å². The average Bonchev–Trinajstić information content (AvgIpc) is 2.93. The van der Waals surface area contributed by atoms with Crippen LogP contribution in [0.25, 0.3) is 16.9 Å². The van der Waals surface area contributed by atoms with Gasteiger partial charge < -0.3 is 0 Å². The zero-order valence-electron chi connectivity index (χ0n) is 11.1. The van der Waals surface area contributed by atoms with Crippen LogP contribution in [0.1, 0.15) is 10.5 Å². The summed E-state index contributed by atoms with van der Waals surface area (Å²) in [6, 6.07) is 15.1. The number of imidazole rings is 1. The predicted molar refractivity (Wildman–Crippen MR) is 96.9 cm³/mol. The normalized spacial score (nSPS) is 10.7. The van der Waals surface area contributed by atoms with E-state index < -0.39 is 5.24 Å². The lowest BCUT2D eigenvalue weighted by Gasteiger charge is -2.10. The molecule has 22 heavy (non-hydrogen) atoms. The van der Waals surface area contributed by atoms with Gasteiger partial charge in [-0.15, -0.1) is 0 Å². The zero-order chi connectivity index (χ0) is 15.7. The molecule has 2 aromatic carbocycles. The summed E-state index contributed by atoms with van der Waals surface area (Å²) in [7, 11) is 0. The predicted octanol–water partition coefficient (Wildman–Crippen LogP) is 5.18. The Bertz CT molecular complexity index is 844. The number of benzene rings is 2. The van der Waals surface area contributed by atoms with Gasteiger partial charge in [-0.3, -0.25) is 9.36 Å². The van der Waals surface area contributed by atoms with E-state index in [-0.39, 0.29) is 5.69 Å². The molecule has 0 radical (unpaired) electrons. The topological polar surface area (TPSA) is 34.9 Å². The van der Waals surface area contributed by atoms with E-state index in [0.29, 0.717) is 10.7 Å². The van der Waals surface area contributed by atoms with E-state index in [1.165, 1.54) is 0 Å². The SMILES string of the molecule is O=C(Cl)c1ncn(-c2ccc(Cl)cc2)c1-c1cccc(I)c1. The van der Waals surface area contributed by atoms with Crippen molar-refractivity contribution in [2.75, 3.05) is 0 Å². The fourth-order valence-electron chi connectivity index (χ4n) is 2.20. The lowest BCUT2D eigenvalue weighted by atomic mass is 10.1. The van der Waals surface area contributed by atoms with E-state index >= 15 is 0 Å². The molecule has 0 spiro atoms. The number of halogens is 3. The van der Waals surface area contributed by atoms with Gasteiger partial charge in [0.2, 0.25) is 0 Å². The molecule has 110 valence electrons. The number of aromatic nitrogens is 2. The third-order valence-electron chi connectivity index (χ3n) is 3.16. The van der Waals surface area contributed by atoms with Crippen LogP contribution in [-0.4, -0.2) is 14.8 Å². The number of nitrogens with zero attached hydrogens (tertiary/aromatic N) is 2. The number of carbonyl (C=O) groups excluding carboxylic acids is 1. The molecular weight excluding hydrogens is 434 g/mol. The summed E-state index contributed by atoms with van der Waals surface area (Å²) in [6.07, 6.45) is 1.59. The Hall–Kier alpha value is -1.37. The molecule has 0 aliphatic heterocycles. The summed E-state index contributed by atoms with van der Waals surface area (Å²) in [5, 5.41) is 0.0647. The lowest BCUT2D eigenvalue weighted by Crippen LogP contribution is -1.99. The number of carbonyl (C=O) groups is 1. The average molecular weight is 443 g/mol. The highest BCUT2D eigenvalue weighted by Gasteiger charge is 2.19. The molecule has 0 unspecified atom stereocenters. The van der Waals surface area contributed by atoms with Crippen molar-refractivity contribution >= 4 is 51.0 Å². The lowest BCUT2D eigenvalue weighted by molar-refractivity contribution is 0.107. The Morgan fingerprint density at radius 2 is 1.86 bits per heavy atom. The van der Waals surface area contributed by atoms with Crippen LogP contribution < -0.4 is 0 Å². The molecule has 3 nitrogen and oxygen atoms in total. The van der Waals surface area contributed by atoms with Gasteiger partial charge in [0.25, 0.3) is 5.24 Å². The fraction of sp³-hybridized carbons (Fsp3) is 0. The van der Waals surface area contributed by atoms with Crippen molar-refractivity contribution in [1.82, 2.24) is 9.55 Å². The third-order valence-corrected chi connectivity index (χ3v) is 4.26. The largest absolute Gasteiger partial charge is 0.298 e. The highest BCUT2D eigenvalue weighted by Crippen LogP contribution is 2.29. The van der Waals surface area contributed by atoms with Gasteiger partial charge in [0.05, 0.1) is 5.69 Å². The summed E-state index contributed by atoms with van der Waals surface area (Å²) in [4.78, 5) is 15.9. The molecule has 1 heterocycles. The van der Waals surface area contributed by atoms with E-state index in [0.717, 1.165) is 14.8 Å². The van der Waals surface area contributed by atoms with Gasteiger partial charge in [0.1, 0.15) is 12.0 Å². The van der Waals surface area contributed by atoms with E-state index in [2.05, 4.69) is 27.6 Å². The van der Waals surface area contributed by atoms with Crippen molar-refractivity contribution in [1.29, 1.82) is 0 Å². The van der Waals surface area contributed by atoms with Crippen LogP contribution >= 0.6 is 45.8 Å². The smallest absolute Gasteiger partial charge is 0.273 e. The Kier molecular flexibility index (Phi) is 4.52. The molecule has 0 saturated heterocycles. The molecule has 0 amide bonds. The Labute approximate surface area is 151 Å². The van der Waals surface area contributed by atoms with Gasteiger partial charge in [-0.05, 0) is 70.6 Å². The van der Waals surface area contributed by atoms with Crippen LogP contribution in [0.4, 0.5) is 0 Å². The van der Waals surface area contributed by atoms with Gasteiger partial charge >= 0.3 is 0 Å². The highest BCUT2D eigenvalue weighted by molar-refractivity contribution is 14.1. The Morgan fingerprint density at radius 1 is 1.14 bits per heavy atom. The molecule has 3 rings (SSSR count). The third kappa shape index (κ3) is 3.04. The van der Waals surface area contributed by atoms with E-state index in [1.54, 1.807) is 18.5 Å². The summed E-state index contributed by atoms with van der Waals surface area (Å²) < 4.78 is 2.89. The Balaban J connectivity index is 2.24. The van der Waals surface area contributed by atoms with Gasteiger partial charge in [0, 0.05) is 19.8 Å². The van der Waals surface area contributed by atoms with Crippen LogP contribution in [0.2, 0.25) is 5.02 Å². The minimum atomic E-state index is -0.582. The fourth-order valence-corrected chi connectivity index (χ4v) is 3.01. The summed E-state index contributed by atoms with van der Waals surface area (Å²) >= 11 is 13.8. The zero-order valence-corrected chi connectivity index (χ0v) is 14.8. The highest BCUT2D eigenvalue weighted by atomic mass is 127. The van der Waals surface area contributed by atoms with Crippen molar-refractivity contribution in [3.05, 3.63) is 69.1 Å².